The molecule has 2 heterocycles. The van der Waals surface area contributed by atoms with Gasteiger partial charge in [0, 0.05) is 53.9 Å². The van der Waals surface area contributed by atoms with Gasteiger partial charge in [-0.2, -0.15) is 0 Å². The van der Waals surface area contributed by atoms with E-state index in [0.717, 1.165) is 24.9 Å². The molecule has 2 N–H and O–H groups in total. The number of piperidine rings is 1. The van der Waals surface area contributed by atoms with Crippen LogP contribution in [-0.4, -0.2) is 42.4 Å². The van der Waals surface area contributed by atoms with Crippen LogP contribution in [0.2, 0.25) is 0 Å². The third-order valence-corrected chi connectivity index (χ3v) is 6.83. The summed E-state index contributed by atoms with van der Waals surface area (Å²) in [6.45, 7) is 2.01. The second kappa shape index (κ2) is 10.9. The largest absolute Gasteiger partial charge is 0.371 e. The summed E-state index contributed by atoms with van der Waals surface area (Å²) in [5.41, 5.74) is 1.91. The first-order valence-corrected chi connectivity index (χ1v) is 12.1. The molecule has 176 valence electrons. The summed E-state index contributed by atoms with van der Waals surface area (Å²) in [6, 6.07) is 17.3. The molecule has 0 saturated carbocycles. The standard InChI is InChI=1S/C25H26N4O4S/c30-24(18-7-9-20(10-8-18)29(32)33)27-19-12-15-28(16-13-19)23-6-2-1-5-22(23)25(31)26-14-11-21-4-3-17-34-21/h1-10,17,19H,11-16H2,(H,26,31)(H,27,30). The summed E-state index contributed by atoms with van der Waals surface area (Å²) in [6.07, 6.45) is 2.30. The zero-order valence-electron chi connectivity index (χ0n) is 18.6. The number of benzene rings is 2. The normalized spacial score (nSPS) is 13.9. The molecule has 0 unspecified atom stereocenters. The Bertz CT molecular complexity index is 1140. The van der Waals surface area contributed by atoms with Gasteiger partial charge >= 0.3 is 0 Å². The summed E-state index contributed by atoms with van der Waals surface area (Å²) >= 11 is 1.68. The number of anilines is 1. The van der Waals surface area contributed by atoms with Gasteiger partial charge in [-0.25, -0.2) is 0 Å². The van der Waals surface area contributed by atoms with E-state index in [-0.39, 0.29) is 23.5 Å². The fourth-order valence-corrected chi connectivity index (χ4v) is 4.77. The molecule has 0 bridgehead atoms. The highest BCUT2D eigenvalue weighted by atomic mass is 32.1. The molecule has 0 atom stereocenters. The lowest BCUT2D eigenvalue weighted by Crippen LogP contribution is -2.45. The van der Waals surface area contributed by atoms with Gasteiger partial charge in [0.25, 0.3) is 17.5 Å². The van der Waals surface area contributed by atoms with E-state index in [1.807, 2.05) is 35.7 Å². The van der Waals surface area contributed by atoms with E-state index in [1.54, 1.807) is 11.3 Å². The first kappa shape index (κ1) is 23.4. The van der Waals surface area contributed by atoms with Crippen LogP contribution in [0, 0.1) is 10.1 Å². The van der Waals surface area contributed by atoms with E-state index in [0.29, 0.717) is 30.8 Å². The first-order valence-electron chi connectivity index (χ1n) is 11.2. The SMILES string of the molecule is O=C(NC1CCN(c2ccccc2C(=O)NCCc2cccs2)CC1)c1ccc([N+](=O)[O-])cc1. The van der Waals surface area contributed by atoms with E-state index >= 15 is 0 Å². The van der Waals surface area contributed by atoms with E-state index in [2.05, 4.69) is 21.6 Å². The van der Waals surface area contributed by atoms with Gasteiger partial charge in [-0.15, -0.1) is 11.3 Å². The lowest BCUT2D eigenvalue weighted by Gasteiger charge is -2.35. The number of hydrogen-bond acceptors (Lipinski definition) is 6. The summed E-state index contributed by atoms with van der Waals surface area (Å²) in [4.78, 5) is 39.1. The summed E-state index contributed by atoms with van der Waals surface area (Å²) in [5.74, 6) is -0.320. The van der Waals surface area contributed by atoms with Crippen molar-refractivity contribution < 1.29 is 14.5 Å². The second-order valence-electron chi connectivity index (χ2n) is 8.14. The number of carbonyl (C=O) groups excluding carboxylic acids is 2. The lowest BCUT2D eigenvalue weighted by atomic mass is 10.0. The van der Waals surface area contributed by atoms with Crippen LogP contribution in [0.1, 0.15) is 38.4 Å². The fraction of sp³-hybridized carbons (Fsp3) is 0.280. The molecule has 1 aliphatic heterocycles. The van der Waals surface area contributed by atoms with Crippen molar-refractivity contribution >= 4 is 34.5 Å². The van der Waals surface area contributed by atoms with Crippen LogP contribution in [0.3, 0.4) is 0 Å². The van der Waals surface area contributed by atoms with Crippen LogP contribution >= 0.6 is 11.3 Å². The molecule has 3 aromatic rings. The molecule has 9 heteroatoms. The van der Waals surface area contributed by atoms with Gasteiger partial charge in [-0.3, -0.25) is 19.7 Å². The number of amides is 2. The lowest BCUT2D eigenvalue weighted by molar-refractivity contribution is -0.384. The molecule has 0 spiro atoms. The quantitative estimate of drug-likeness (QED) is 0.376. The summed E-state index contributed by atoms with van der Waals surface area (Å²) in [7, 11) is 0. The maximum Gasteiger partial charge on any atom is 0.269 e. The Labute approximate surface area is 201 Å². The van der Waals surface area contributed by atoms with Gasteiger partial charge in [-0.1, -0.05) is 18.2 Å². The molecular weight excluding hydrogens is 452 g/mol. The van der Waals surface area contributed by atoms with Crippen molar-refractivity contribution in [2.75, 3.05) is 24.5 Å². The molecule has 4 rings (SSSR count). The molecule has 34 heavy (non-hydrogen) atoms. The Kier molecular flexibility index (Phi) is 7.54. The molecular formula is C25H26N4O4S. The number of nitrogens with zero attached hydrogens (tertiary/aromatic N) is 2. The second-order valence-corrected chi connectivity index (χ2v) is 9.17. The average Bonchev–Trinajstić information content (AvgIpc) is 3.38. The average molecular weight is 479 g/mol. The molecule has 0 aliphatic carbocycles. The number of nitro benzene ring substituents is 1. The van der Waals surface area contributed by atoms with Crippen LogP contribution < -0.4 is 15.5 Å². The highest BCUT2D eigenvalue weighted by Gasteiger charge is 2.24. The van der Waals surface area contributed by atoms with E-state index in [1.165, 1.54) is 29.1 Å². The van der Waals surface area contributed by atoms with Crippen molar-refractivity contribution in [3.05, 3.63) is 92.2 Å². The Morgan fingerprint density at radius 1 is 1.00 bits per heavy atom. The third-order valence-electron chi connectivity index (χ3n) is 5.90. The molecule has 1 saturated heterocycles. The summed E-state index contributed by atoms with van der Waals surface area (Å²) < 4.78 is 0. The van der Waals surface area contributed by atoms with Crippen LogP contribution in [0.15, 0.2) is 66.0 Å². The minimum absolute atomic E-state index is 0.00530. The predicted molar refractivity (Wildman–Crippen MR) is 133 cm³/mol. The van der Waals surface area contributed by atoms with Crippen LogP contribution in [0.25, 0.3) is 0 Å². The van der Waals surface area contributed by atoms with E-state index < -0.39 is 4.92 Å². The van der Waals surface area contributed by atoms with Crippen molar-refractivity contribution in [2.24, 2.45) is 0 Å². The molecule has 8 nitrogen and oxygen atoms in total. The first-order chi connectivity index (χ1) is 16.5. The van der Waals surface area contributed by atoms with Gasteiger partial charge in [0.05, 0.1) is 10.5 Å². The predicted octanol–water partition coefficient (Wildman–Crippen LogP) is 4.03. The zero-order valence-corrected chi connectivity index (χ0v) is 19.4. The fourth-order valence-electron chi connectivity index (χ4n) is 4.06. The third kappa shape index (κ3) is 5.79. The van der Waals surface area contributed by atoms with Crippen LogP contribution in [0.5, 0.6) is 0 Å². The number of non-ortho nitro benzene ring substituents is 1. The van der Waals surface area contributed by atoms with Crippen molar-refractivity contribution in [3.8, 4) is 0 Å². The maximum atomic E-state index is 12.8. The summed E-state index contributed by atoms with van der Waals surface area (Å²) in [5, 5.41) is 18.9. The number of hydrogen-bond donors (Lipinski definition) is 2. The molecule has 1 fully saturated rings. The molecule has 2 amide bonds. The van der Waals surface area contributed by atoms with Gasteiger partial charge in [-0.05, 0) is 55.0 Å². The molecule has 2 aromatic carbocycles. The van der Waals surface area contributed by atoms with E-state index in [4.69, 9.17) is 0 Å². The van der Waals surface area contributed by atoms with Crippen molar-refractivity contribution in [2.45, 2.75) is 25.3 Å². The number of para-hydroxylation sites is 1. The van der Waals surface area contributed by atoms with E-state index in [9.17, 15) is 19.7 Å². The molecule has 1 aromatic heterocycles. The van der Waals surface area contributed by atoms with Gasteiger partial charge in [0.15, 0.2) is 0 Å². The van der Waals surface area contributed by atoms with Gasteiger partial charge in [0.1, 0.15) is 0 Å². The van der Waals surface area contributed by atoms with Crippen molar-refractivity contribution in [1.82, 2.24) is 10.6 Å². The highest BCUT2D eigenvalue weighted by Crippen LogP contribution is 2.25. The smallest absolute Gasteiger partial charge is 0.269 e. The molecule has 0 radical (unpaired) electrons. The minimum atomic E-state index is -0.487. The zero-order chi connectivity index (χ0) is 23.9. The number of rotatable bonds is 8. The van der Waals surface area contributed by atoms with Crippen molar-refractivity contribution in [3.63, 3.8) is 0 Å². The Hall–Kier alpha value is -3.72. The van der Waals surface area contributed by atoms with Gasteiger partial charge < -0.3 is 15.5 Å². The van der Waals surface area contributed by atoms with Crippen LogP contribution in [0.4, 0.5) is 11.4 Å². The Morgan fingerprint density at radius 3 is 2.41 bits per heavy atom. The number of nitro groups is 1. The Balaban J connectivity index is 1.31. The molecule has 1 aliphatic rings. The van der Waals surface area contributed by atoms with Crippen LogP contribution in [-0.2, 0) is 6.42 Å². The topological polar surface area (TPSA) is 105 Å². The number of thiophene rings is 1. The maximum absolute atomic E-state index is 12.8. The Morgan fingerprint density at radius 2 is 1.74 bits per heavy atom. The minimum Gasteiger partial charge on any atom is -0.371 e. The van der Waals surface area contributed by atoms with Crippen molar-refractivity contribution in [1.29, 1.82) is 0 Å². The monoisotopic (exact) mass is 478 g/mol. The number of nitrogens with one attached hydrogen (secondary N) is 2. The van der Waals surface area contributed by atoms with Gasteiger partial charge in [0.2, 0.25) is 0 Å². The number of carbonyl (C=O) groups is 2. The highest BCUT2D eigenvalue weighted by molar-refractivity contribution is 7.09.